The summed E-state index contributed by atoms with van der Waals surface area (Å²) in [5, 5.41) is 1.06. The second-order valence-electron chi connectivity index (χ2n) is 6.17. The molecule has 2 aromatic heterocycles. The molecule has 0 atom stereocenters. The number of benzene rings is 1. The summed E-state index contributed by atoms with van der Waals surface area (Å²) in [5.74, 6) is 0.179. The van der Waals surface area contributed by atoms with Crippen molar-refractivity contribution in [3.05, 3.63) is 45.1 Å². The number of aromatic nitrogens is 1. The molecule has 1 aromatic carbocycles. The van der Waals surface area contributed by atoms with Gasteiger partial charge in [0.2, 0.25) is 5.91 Å². The number of hydrogen-bond acceptors (Lipinski definition) is 5. The molecule has 0 spiro atoms. The fourth-order valence-electron chi connectivity index (χ4n) is 3.06. The summed E-state index contributed by atoms with van der Waals surface area (Å²) in [6, 6.07) is 10.1. The van der Waals surface area contributed by atoms with Crippen LogP contribution in [0.25, 0.3) is 10.2 Å². The van der Waals surface area contributed by atoms with Crippen molar-refractivity contribution in [3.8, 4) is 0 Å². The van der Waals surface area contributed by atoms with Crippen LogP contribution in [0.5, 0.6) is 0 Å². The van der Waals surface area contributed by atoms with Gasteiger partial charge >= 0.3 is 0 Å². The van der Waals surface area contributed by atoms with Crippen LogP contribution in [0.15, 0.2) is 30.3 Å². The summed E-state index contributed by atoms with van der Waals surface area (Å²) >= 11 is 9.15. The van der Waals surface area contributed by atoms with E-state index in [0.717, 1.165) is 46.0 Å². The van der Waals surface area contributed by atoms with Crippen molar-refractivity contribution in [2.75, 3.05) is 31.1 Å². The number of carbonyl (C=O) groups excluding carboxylic acids is 1. The van der Waals surface area contributed by atoms with Crippen LogP contribution >= 0.6 is 34.3 Å². The molecule has 4 rings (SSSR count). The van der Waals surface area contributed by atoms with Crippen molar-refractivity contribution >= 4 is 55.5 Å². The van der Waals surface area contributed by atoms with Crippen LogP contribution in [0.1, 0.15) is 10.4 Å². The van der Waals surface area contributed by atoms with Crippen LogP contribution in [0.4, 0.5) is 5.13 Å². The molecular formula is C18H18ClN3OS2. The summed E-state index contributed by atoms with van der Waals surface area (Å²) in [6.07, 6.45) is 0.442. The Morgan fingerprint density at radius 3 is 2.64 bits per heavy atom. The maximum atomic E-state index is 12.5. The third-order valence-electron chi connectivity index (χ3n) is 4.47. The molecule has 0 radical (unpaired) electrons. The maximum Gasteiger partial charge on any atom is 0.227 e. The van der Waals surface area contributed by atoms with Crippen LogP contribution in [-0.4, -0.2) is 42.0 Å². The van der Waals surface area contributed by atoms with Crippen LogP contribution in [-0.2, 0) is 11.2 Å². The van der Waals surface area contributed by atoms with Crippen LogP contribution in [0.2, 0.25) is 4.34 Å². The van der Waals surface area contributed by atoms with Crippen LogP contribution in [0, 0.1) is 6.92 Å². The molecule has 0 aliphatic carbocycles. The van der Waals surface area contributed by atoms with Gasteiger partial charge in [-0.2, -0.15) is 0 Å². The van der Waals surface area contributed by atoms with E-state index in [2.05, 4.69) is 30.0 Å². The molecule has 0 N–H and O–H groups in total. The van der Waals surface area contributed by atoms with Gasteiger partial charge < -0.3 is 9.80 Å². The Morgan fingerprint density at radius 2 is 1.96 bits per heavy atom. The Balaban J connectivity index is 1.40. The molecule has 1 saturated heterocycles. The Labute approximate surface area is 159 Å². The van der Waals surface area contributed by atoms with E-state index in [1.54, 1.807) is 11.3 Å². The van der Waals surface area contributed by atoms with Gasteiger partial charge in [-0.3, -0.25) is 4.79 Å². The standard InChI is InChI=1S/C18H18ClN3OS2/c1-12-3-2-4-14-17(12)20-18(25-14)22-9-7-21(8-10-22)16(23)11-13-5-6-15(19)24-13/h2-6H,7-11H2,1H3. The number of amides is 1. The lowest BCUT2D eigenvalue weighted by atomic mass is 10.2. The molecule has 0 saturated carbocycles. The van der Waals surface area contributed by atoms with E-state index in [-0.39, 0.29) is 5.91 Å². The molecule has 1 aliphatic heterocycles. The molecule has 0 unspecified atom stereocenters. The van der Waals surface area contributed by atoms with Crippen LogP contribution in [0.3, 0.4) is 0 Å². The third-order valence-corrected chi connectivity index (χ3v) is 6.78. The van der Waals surface area contributed by atoms with E-state index in [1.807, 2.05) is 17.0 Å². The smallest absolute Gasteiger partial charge is 0.227 e. The highest BCUT2D eigenvalue weighted by Crippen LogP contribution is 2.31. The van der Waals surface area contributed by atoms with Gasteiger partial charge in [-0.05, 0) is 30.7 Å². The monoisotopic (exact) mass is 391 g/mol. The minimum atomic E-state index is 0.179. The fraction of sp³-hybridized carbons (Fsp3) is 0.333. The molecule has 0 bridgehead atoms. The SMILES string of the molecule is Cc1cccc2sc(N3CCN(C(=O)Cc4ccc(Cl)s4)CC3)nc12. The predicted octanol–water partition coefficient (Wildman–Crippen LogP) is 4.21. The predicted molar refractivity (Wildman–Crippen MR) is 106 cm³/mol. The average Bonchev–Trinajstić information content (AvgIpc) is 3.22. The Bertz CT molecular complexity index is 912. The number of thiophene rings is 1. The third kappa shape index (κ3) is 3.52. The number of rotatable bonds is 3. The summed E-state index contributed by atoms with van der Waals surface area (Å²) < 4.78 is 1.96. The molecule has 7 heteroatoms. The van der Waals surface area contributed by atoms with E-state index < -0.39 is 0 Å². The quantitative estimate of drug-likeness (QED) is 0.671. The molecule has 25 heavy (non-hydrogen) atoms. The Kier molecular flexibility index (Phi) is 4.67. The van der Waals surface area contributed by atoms with Crippen molar-refractivity contribution in [3.63, 3.8) is 0 Å². The normalized spacial score (nSPS) is 15.1. The number of carbonyl (C=O) groups is 1. The van der Waals surface area contributed by atoms with Gasteiger partial charge in [0.05, 0.1) is 21.0 Å². The van der Waals surface area contributed by atoms with Gasteiger partial charge in [0.1, 0.15) is 0 Å². The summed E-state index contributed by atoms with van der Waals surface area (Å²) in [6.45, 7) is 5.24. The number of aryl methyl sites for hydroxylation is 1. The summed E-state index contributed by atoms with van der Waals surface area (Å²) in [5.41, 5.74) is 2.30. The van der Waals surface area contributed by atoms with Crippen molar-refractivity contribution in [2.45, 2.75) is 13.3 Å². The summed E-state index contributed by atoms with van der Waals surface area (Å²) in [7, 11) is 0. The second-order valence-corrected chi connectivity index (χ2v) is 8.98. The van der Waals surface area contributed by atoms with Gasteiger partial charge in [-0.25, -0.2) is 4.98 Å². The maximum absolute atomic E-state index is 12.5. The van der Waals surface area contributed by atoms with Gasteiger partial charge in [-0.1, -0.05) is 35.1 Å². The number of fused-ring (bicyclic) bond motifs is 1. The number of anilines is 1. The first-order chi connectivity index (χ1) is 12.1. The molecule has 130 valence electrons. The molecule has 3 aromatic rings. The lowest BCUT2D eigenvalue weighted by Crippen LogP contribution is -2.49. The number of hydrogen-bond donors (Lipinski definition) is 0. The van der Waals surface area contributed by atoms with Gasteiger partial charge in [0, 0.05) is 31.1 Å². The fourth-order valence-corrected chi connectivity index (χ4v) is 5.24. The molecule has 1 amide bonds. The van der Waals surface area contributed by atoms with E-state index >= 15 is 0 Å². The van der Waals surface area contributed by atoms with E-state index in [9.17, 15) is 4.79 Å². The highest BCUT2D eigenvalue weighted by atomic mass is 35.5. The minimum absolute atomic E-state index is 0.179. The average molecular weight is 392 g/mol. The van der Waals surface area contributed by atoms with Crippen molar-refractivity contribution < 1.29 is 4.79 Å². The van der Waals surface area contributed by atoms with Crippen molar-refractivity contribution in [2.24, 2.45) is 0 Å². The van der Waals surface area contributed by atoms with E-state index in [0.29, 0.717) is 6.42 Å². The first kappa shape index (κ1) is 16.8. The summed E-state index contributed by atoms with van der Waals surface area (Å²) in [4.78, 5) is 22.5. The van der Waals surface area contributed by atoms with E-state index in [1.165, 1.54) is 21.6 Å². The highest BCUT2D eigenvalue weighted by Gasteiger charge is 2.23. The lowest BCUT2D eigenvalue weighted by Gasteiger charge is -2.34. The zero-order chi connectivity index (χ0) is 17.4. The Morgan fingerprint density at radius 1 is 1.16 bits per heavy atom. The number of para-hydroxylation sites is 1. The van der Waals surface area contributed by atoms with Gasteiger partial charge in [0.15, 0.2) is 5.13 Å². The molecule has 1 aliphatic rings. The van der Waals surface area contributed by atoms with Gasteiger partial charge in [0.25, 0.3) is 0 Å². The van der Waals surface area contributed by atoms with Crippen molar-refractivity contribution in [1.29, 1.82) is 0 Å². The lowest BCUT2D eigenvalue weighted by molar-refractivity contribution is -0.130. The molecule has 1 fully saturated rings. The first-order valence-electron chi connectivity index (χ1n) is 8.23. The number of halogens is 1. The van der Waals surface area contributed by atoms with Crippen LogP contribution < -0.4 is 4.90 Å². The zero-order valence-electron chi connectivity index (χ0n) is 13.9. The zero-order valence-corrected chi connectivity index (χ0v) is 16.3. The molecule has 3 heterocycles. The molecular weight excluding hydrogens is 374 g/mol. The second kappa shape index (κ2) is 6.94. The Hall–Kier alpha value is -1.63. The number of nitrogens with zero attached hydrogens (tertiary/aromatic N) is 3. The van der Waals surface area contributed by atoms with Gasteiger partial charge in [-0.15, -0.1) is 11.3 Å². The number of thiazole rings is 1. The minimum Gasteiger partial charge on any atom is -0.345 e. The van der Waals surface area contributed by atoms with Crippen molar-refractivity contribution in [1.82, 2.24) is 9.88 Å². The molecule has 4 nitrogen and oxygen atoms in total. The number of piperazine rings is 1. The van der Waals surface area contributed by atoms with E-state index in [4.69, 9.17) is 16.6 Å². The topological polar surface area (TPSA) is 36.4 Å². The first-order valence-corrected chi connectivity index (χ1v) is 10.2. The highest BCUT2D eigenvalue weighted by molar-refractivity contribution is 7.22. The largest absolute Gasteiger partial charge is 0.345 e.